The van der Waals surface area contributed by atoms with Crippen molar-refractivity contribution < 1.29 is 0 Å². The van der Waals surface area contributed by atoms with Gasteiger partial charge in [-0.15, -0.1) is 0 Å². The second-order valence-electron chi connectivity index (χ2n) is 5.81. The van der Waals surface area contributed by atoms with E-state index in [0.717, 1.165) is 33.9 Å². The maximum Gasteiger partial charge on any atom is 0.158 e. The van der Waals surface area contributed by atoms with E-state index in [1.165, 1.54) is 11.1 Å². The third kappa shape index (κ3) is 3.35. The zero-order valence-electron chi connectivity index (χ0n) is 13.6. The molecule has 0 aliphatic heterocycles. The molecule has 4 nitrogen and oxygen atoms in total. The Labute approximate surface area is 135 Å². The Kier molecular flexibility index (Phi) is 4.84. The molecule has 1 N–H and O–H groups in total. The van der Waals surface area contributed by atoms with Crippen LogP contribution in [0.5, 0.6) is 0 Å². The van der Waals surface area contributed by atoms with Crippen LogP contribution in [0.1, 0.15) is 42.1 Å². The first-order valence-electron chi connectivity index (χ1n) is 7.23. The maximum absolute atomic E-state index is 4.74. The standard InChI is InChI=1S/C16H23BrN4/c1-9(2)18-8-14-10(3)7-11(4)19-16(14)21-13(6)15(17)12(5)20-21/h7,9,18H,8H2,1-6H3. The van der Waals surface area contributed by atoms with E-state index < -0.39 is 0 Å². The molecule has 2 aromatic rings. The second kappa shape index (κ2) is 6.28. The van der Waals surface area contributed by atoms with Gasteiger partial charge in [0.25, 0.3) is 0 Å². The molecule has 0 radical (unpaired) electrons. The Hall–Kier alpha value is -1.20. The summed E-state index contributed by atoms with van der Waals surface area (Å²) in [4.78, 5) is 4.74. The highest BCUT2D eigenvalue weighted by molar-refractivity contribution is 9.10. The lowest BCUT2D eigenvalue weighted by atomic mass is 10.1. The lowest BCUT2D eigenvalue weighted by Crippen LogP contribution is -2.24. The van der Waals surface area contributed by atoms with Gasteiger partial charge in [-0.05, 0) is 55.3 Å². The zero-order valence-corrected chi connectivity index (χ0v) is 15.2. The molecule has 0 fully saturated rings. The van der Waals surface area contributed by atoms with E-state index in [1.54, 1.807) is 0 Å². The van der Waals surface area contributed by atoms with E-state index in [-0.39, 0.29) is 0 Å². The lowest BCUT2D eigenvalue weighted by Gasteiger charge is -2.16. The molecular formula is C16H23BrN4. The van der Waals surface area contributed by atoms with E-state index in [1.807, 2.05) is 18.5 Å². The van der Waals surface area contributed by atoms with Gasteiger partial charge in [-0.25, -0.2) is 9.67 Å². The fourth-order valence-corrected chi connectivity index (χ4v) is 2.62. The molecule has 2 heterocycles. The highest BCUT2D eigenvalue weighted by Crippen LogP contribution is 2.25. The van der Waals surface area contributed by atoms with Crippen molar-refractivity contribution in [2.45, 2.75) is 54.1 Å². The molecule has 5 heteroatoms. The van der Waals surface area contributed by atoms with Crippen molar-refractivity contribution in [3.8, 4) is 5.82 Å². The van der Waals surface area contributed by atoms with Crippen LogP contribution in [0.3, 0.4) is 0 Å². The Morgan fingerprint density at radius 3 is 2.43 bits per heavy atom. The molecule has 0 aromatic carbocycles. The van der Waals surface area contributed by atoms with Gasteiger partial charge in [0.2, 0.25) is 0 Å². The number of aryl methyl sites for hydroxylation is 3. The fourth-order valence-electron chi connectivity index (χ4n) is 2.37. The molecule has 0 atom stereocenters. The Morgan fingerprint density at radius 2 is 1.90 bits per heavy atom. The quantitative estimate of drug-likeness (QED) is 0.912. The van der Waals surface area contributed by atoms with Crippen molar-refractivity contribution in [2.24, 2.45) is 0 Å². The third-order valence-corrected chi connectivity index (χ3v) is 4.69. The molecule has 0 unspecified atom stereocenters. The molecule has 0 bridgehead atoms. The number of nitrogens with one attached hydrogen (secondary N) is 1. The molecule has 2 aromatic heterocycles. The fraction of sp³-hybridized carbons (Fsp3) is 0.500. The van der Waals surface area contributed by atoms with Crippen LogP contribution in [-0.4, -0.2) is 20.8 Å². The van der Waals surface area contributed by atoms with Crippen molar-refractivity contribution in [1.82, 2.24) is 20.1 Å². The first-order chi connectivity index (χ1) is 9.81. The van der Waals surface area contributed by atoms with Gasteiger partial charge in [-0.1, -0.05) is 13.8 Å². The molecular weight excluding hydrogens is 328 g/mol. The van der Waals surface area contributed by atoms with Crippen LogP contribution in [0.4, 0.5) is 0 Å². The first-order valence-corrected chi connectivity index (χ1v) is 8.03. The summed E-state index contributed by atoms with van der Waals surface area (Å²) in [7, 11) is 0. The van der Waals surface area contributed by atoms with Crippen LogP contribution < -0.4 is 5.32 Å². The molecule has 0 amide bonds. The average molecular weight is 351 g/mol. The molecule has 0 aliphatic rings. The van der Waals surface area contributed by atoms with Crippen molar-refractivity contribution >= 4 is 15.9 Å². The van der Waals surface area contributed by atoms with E-state index in [4.69, 9.17) is 4.98 Å². The van der Waals surface area contributed by atoms with Crippen LogP contribution in [0.15, 0.2) is 10.5 Å². The van der Waals surface area contributed by atoms with Gasteiger partial charge < -0.3 is 5.32 Å². The summed E-state index contributed by atoms with van der Waals surface area (Å²) in [5.41, 5.74) is 5.52. The van der Waals surface area contributed by atoms with Crippen LogP contribution in [-0.2, 0) is 6.54 Å². The number of pyridine rings is 1. The van der Waals surface area contributed by atoms with Gasteiger partial charge in [-0.2, -0.15) is 5.10 Å². The van der Waals surface area contributed by atoms with E-state index in [9.17, 15) is 0 Å². The number of rotatable bonds is 4. The molecule has 114 valence electrons. The monoisotopic (exact) mass is 350 g/mol. The Balaban J connectivity index is 2.58. The number of aromatic nitrogens is 3. The normalized spacial score (nSPS) is 11.4. The molecule has 0 saturated heterocycles. The van der Waals surface area contributed by atoms with Gasteiger partial charge in [-0.3, -0.25) is 0 Å². The van der Waals surface area contributed by atoms with Gasteiger partial charge in [0.05, 0.1) is 15.9 Å². The average Bonchev–Trinajstić information content (AvgIpc) is 2.64. The molecule has 21 heavy (non-hydrogen) atoms. The summed E-state index contributed by atoms with van der Waals surface area (Å²) in [5, 5.41) is 8.11. The number of hydrogen-bond acceptors (Lipinski definition) is 3. The van der Waals surface area contributed by atoms with E-state index in [0.29, 0.717) is 6.04 Å². The van der Waals surface area contributed by atoms with Crippen molar-refractivity contribution in [3.05, 3.63) is 38.7 Å². The summed E-state index contributed by atoms with van der Waals surface area (Å²) < 4.78 is 2.99. The van der Waals surface area contributed by atoms with Crippen LogP contribution in [0.2, 0.25) is 0 Å². The maximum atomic E-state index is 4.74. The number of nitrogens with zero attached hydrogens (tertiary/aromatic N) is 3. The molecule has 0 aliphatic carbocycles. The van der Waals surface area contributed by atoms with Crippen LogP contribution in [0, 0.1) is 27.7 Å². The third-order valence-electron chi connectivity index (χ3n) is 3.54. The second-order valence-corrected chi connectivity index (χ2v) is 6.61. The summed E-state index contributed by atoms with van der Waals surface area (Å²) in [6.45, 7) is 13.3. The Morgan fingerprint density at radius 1 is 1.24 bits per heavy atom. The highest BCUT2D eigenvalue weighted by Gasteiger charge is 2.16. The SMILES string of the molecule is Cc1cc(C)c(CNC(C)C)c(-n2nc(C)c(Br)c2C)n1. The van der Waals surface area contributed by atoms with Crippen LogP contribution >= 0.6 is 15.9 Å². The minimum Gasteiger partial charge on any atom is -0.310 e. The van der Waals surface area contributed by atoms with E-state index in [2.05, 4.69) is 60.1 Å². The highest BCUT2D eigenvalue weighted by atomic mass is 79.9. The molecule has 0 spiro atoms. The predicted octanol–water partition coefficient (Wildman–Crippen LogP) is 3.76. The largest absolute Gasteiger partial charge is 0.310 e. The summed E-state index contributed by atoms with van der Waals surface area (Å²) >= 11 is 3.59. The number of hydrogen-bond donors (Lipinski definition) is 1. The molecule has 0 saturated carbocycles. The first kappa shape index (κ1) is 16.2. The summed E-state index contributed by atoms with van der Waals surface area (Å²) in [5.74, 6) is 0.923. The molecule has 2 rings (SSSR count). The minimum absolute atomic E-state index is 0.436. The zero-order chi connectivity index (χ0) is 15.7. The predicted molar refractivity (Wildman–Crippen MR) is 90.0 cm³/mol. The number of halogens is 1. The summed E-state index contributed by atoms with van der Waals surface area (Å²) in [6, 6.07) is 2.56. The van der Waals surface area contributed by atoms with Gasteiger partial charge in [0.15, 0.2) is 5.82 Å². The van der Waals surface area contributed by atoms with Gasteiger partial charge in [0.1, 0.15) is 0 Å². The topological polar surface area (TPSA) is 42.7 Å². The van der Waals surface area contributed by atoms with Gasteiger partial charge in [0, 0.05) is 23.8 Å². The minimum atomic E-state index is 0.436. The van der Waals surface area contributed by atoms with E-state index >= 15 is 0 Å². The Bertz CT molecular complexity index is 659. The van der Waals surface area contributed by atoms with Crippen LogP contribution in [0.25, 0.3) is 5.82 Å². The smallest absolute Gasteiger partial charge is 0.158 e. The lowest BCUT2D eigenvalue weighted by molar-refractivity contribution is 0.582. The van der Waals surface area contributed by atoms with Crippen molar-refractivity contribution in [1.29, 1.82) is 0 Å². The summed E-state index contributed by atoms with van der Waals surface area (Å²) in [6.07, 6.45) is 0. The van der Waals surface area contributed by atoms with Crippen molar-refractivity contribution in [3.63, 3.8) is 0 Å². The van der Waals surface area contributed by atoms with Crippen molar-refractivity contribution in [2.75, 3.05) is 0 Å². The van der Waals surface area contributed by atoms with Gasteiger partial charge >= 0.3 is 0 Å².